The third-order valence-corrected chi connectivity index (χ3v) is 4.72. The van der Waals surface area contributed by atoms with Crippen molar-refractivity contribution in [2.24, 2.45) is 0 Å². The molecule has 0 atom stereocenters. The summed E-state index contributed by atoms with van der Waals surface area (Å²) in [5.41, 5.74) is 0.485. The van der Waals surface area contributed by atoms with E-state index in [1.54, 1.807) is 0 Å². The molecule has 6 nitrogen and oxygen atoms in total. The lowest BCUT2D eigenvalue weighted by atomic mass is 10.2. The van der Waals surface area contributed by atoms with Crippen molar-refractivity contribution in [3.63, 3.8) is 0 Å². The lowest BCUT2D eigenvalue weighted by Gasteiger charge is -2.10. The molecule has 2 N–H and O–H groups in total. The van der Waals surface area contributed by atoms with Crippen LogP contribution >= 0.6 is 0 Å². The van der Waals surface area contributed by atoms with Crippen LogP contribution in [-0.2, 0) is 10.0 Å². The molecule has 0 unspecified atom stereocenters. The normalized spacial score (nSPS) is 11.5. The Hall–Kier alpha value is -2.81. The van der Waals surface area contributed by atoms with E-state index in [2.05, 4.69) is 19.9 Å². The van der Waals surface area contributed by atoms with Crippen molar-refractivity contribution in [1.82, 2.24) is 15.2 Å². The first kappa shape index (κ1) is 16.1. The summed E-state index contributed by atoms with van der Waals surface area (Å²) < 4.78 is 54.3. The third-order valence-electron chi connectivity index (χ3n) is 3.35. The maximum Gasteiger partial charge on any atom is 0.262 e. The fraction of sp³-hybridized carbons (Fsp3) is 0.0667. The molecular weight excluding hydrogens is 338 g/mol. The summed E-state index contributed by atoms with van der Waals surface area (Å²) in [5.74, 6) is -1.07. The first-order valence-corrected chi connectivity index (χ1v) is 8.29. The van der Waals surface area contributed by atoms with Crippen molar-refractivity contribution in [1.29, 1.82) is 0 Å². The predicted octanol–water partition coefficient (Wildman–Crippen LogP) is 2.86. The van der Waals surface area contributed by atoms with Gasteiger partial charge in [-0.15, -0.1) is 0 Å². The predicted molar refractivity (Wildman–Crippen MR) is 83.7 cm³/mol. The van der Waals surface area contributed by atoms with E-state index < -0.39 is 21.7 Å². The average molecular weight is 350 g/mol. The summed E-state index contributed by atoms with van der Waals surface area (Å²) in [6.07, 6.45) is 1.28. The Morgan fingerprint density at radius 3 is 2.54 bits per heavy atom. The van der Waals surface area contributed by atoms with Gasteiger partial charge in [0, 0.05) is 5.56 Å². The van der Waals surface area contributed by atoms with E-state index in [0.29, 0.717) is 17.0 Å². The van der Waals surface area contributed by atoms with Crippen LogP contribution < -0.4 is 4.72 Å². The molecule has 0 aliphatic heterocycles. The molecule has 0 aliphatic rings. The molecule has 0 spiro atoms. The van der Waals surface area contributed by atoms with Crippen LogP contribution in [0.25, 0.3) is 11.4 Å². The number of anilines is 1. The van der Waals surface area contributed by atoms with Gasteiger partial charge in [0.1, 0.15) is 18.0 Å². The quantitative estimate of drug-likeness (QED) is 0.757. The number of hydrogen-bond donors (Lipinski definition) is 2. The smallest absolute Gasteiger partial charge is 0.262 e. The van der Waals surface area contributed by atoms with Gasteiger partial charge < -0.3 is 0 Å². The Balaban J connectivity index is 1.97. The number of aryl methyl sites for hydroxylation is 1. The number of aromatic nitrogens is 3. The third kappa shape index (κ3) is 3.11. The van der Waals surface area contributed by atoms with Gasteiger partial charge in [0.05, 0.1) is 10.6 Å². The van der Waals surface area contributed by atoms with Crippen LogP contribution in [0.3, 0.4) is 0 Å². The van der Waals surface area contributed by atoms with Gasteiger partial charge in [-0.3, -0.25) is 9.82 Å². The molecule has 1 heterocycles. The van der Waals surface area contributed by atoms with Gasteiger partial charge in [-0.2, -0.15) is 5.10 Å². The Bertz CT molecular complexity index is 989. The largest absolute Gasteiger partial charge is 0.277 e. The highest BCUT2D eigenvalue weighted by molar-refractivity contribution is 7.92. The lowest BCUT2D eigenvalue weighted by molar-refractivity contribution is 0.591. The fourth-order valence-corrected chi connectivity index (χ4v) is 3.11. The number of nitrogens with zero attached hydrogens (tertiary/aromatic N) is 2. The van der Waals surface area contributed by atoms with Gasteiger partial charge in [-0.1, -0.05) is 6.07 Å². The van der Waals surface area contributed by atoms with Crippen LogP contribution in [-0.4, -0.2) is 23.6 Å². The Kier molecular flexibility index (Phi) is 4.02. The van der Waals surface area contributed by atoms with Crippen LogP contribution in [0.4, 0.5) is 14.5 Å². The number of rotatable bonds is 4. The molecule has 0 saturated carbocycles. The number of hydrogen-bond acceptors (Lipinski definition) is 4. The van der Waals surface area contributed by atoms with E-state index in [0.717, 1.165) is 12.1 Å². The van der Waals surface area contributed by atoms with Gasteiger partial charge in [-0.05, 0) is 42.8 Å². The van der Waals surface area contributed by atoms with Crippen LogP contribution in [0.2, 0.25) is 0 Å². The summed E-state index contributed by atoms with van der Waals surface area (Å²) in [6, 6.07) is 7.28. The minimum Gasteiger partial charge on any atom is -0.277 e. The van der Waals surface area contributed by atoms with Crippen molar-refractivity contribution in [2.45, 2.75) is 11.8 Å². The number of aromatic amines is 1. The van der Waals surface area contributed by atoms with Crippen LogP contribution in [0.5, 0.6) is 0 Å². The zero-order valence-corrected chi connectivity index (χ0v) is 13.2. The average Bonchev–Trinajstić information content (AvgIpc) is 3.06. The first-order chi connectivity index (χ1) is 11.4. The van der Waals surface area contributed by atoms with Crippen molar-refractivity contribution < 1.29 is 17.2 Å². The topological polar surface area (TPSA) is 87.7 Å². The molecule has 0 radical (unpaired) electrons. The second-order valence-corrected chi connectivity index (χ2v) is 6.73. The molecule has 2 aromatic carbocycles. The van der Waals surface area contributed by atoms with E-state index in [4.69, 9.17) is 0 Å². The molecule has 0 fully saturated rings. The Morgan fingerprint density at radius 2 is 1.88 bits per heavy atom. The van der Waals surface area contributed by atoms with E-state index in [9.17, 15) is 17.2 Å². The van der Waals surface area contributed by atoms with Crippen LogP contribution in [0.1, 0.15) is 5.56 Å². The first-order valence-electron chi connectivity index (χ1n) is 6.81. The monoisotopic (exact) mass is 350 g/mol. The van der Waals surface area contributed by atoms with E-state index in [-0.39, 0.29) is 10.6 Å². The highest BCUT2D eigenvalue weighted by Crippen LogP contribution is 2.25. The van der Waals surface area contributed by atoms with Gasteiger partial charge in [0.15, 0.2) is 5.82 Å². The lowest BCUT2D eigenvalue weighted by Crippen LogP contribution is -2.14. The second-order valence-electron chi connectivity index (χ2n) is 5.05. The van der Waals surface area contributed by atoms with Crippen molar-refractivity contribution in [2.75, 3.05) is 4.72 Å². The summed E-state index contributed by atoms with van der Waals surface area (Å²) in [4.78, 5) is 3.62. The zero-order chi connectivity index (χ0) is 17.3. The molecule has 0 aliphatic carbocycles. The number of nitrogens with one attached hydrogen (secondary N) is 2. The van der Waals surface area contributed by atoms with Gasteiger partial charge in [0.25, 0.3) is 10.0 Å². The Labute approximate surface area is 136 Å². The number of halogens is 2. The van der Waals surface area contributed by atoms with E-state index in [1.165, 1.54) is 37.5 Å². The SMILES string of the molecule is Cc1ccc(S(=O)(=O)Nc2cc(-c3ncn[nH]3)ccc2F)cc1F. The standard InChI is InChI=1S/C15H12F2N4O2S/c1-9-2-4-11(7-13(9)17)24(22,23)21-14-6-10(3-5-12(14)16)15-18-8-19-20-15/h2-8,21H,1H3,(H,18,19,20). The fourth-order valence-electron chi connectivity index (χ4n) is 2.04. The molecule has 0 amide bonds. The minimum atomic E-state index is -4.14. The molecular formula is C15H12F2N4O2S. The molecule has 9 heteroatoms. The van der Waals surface area contributed by atoms with Gasteiger partial charge >= 0.3 is 0 Å². The van der Waals surface area contributed by atoms with Crippen LogP contribution in [0.15, 0.2) is 47.6 Å². The molecule has 3 aromatic rings. The van der Waals surface area contributed by atoms with Gasteiger partial charge in [0.2, 0.25) is 0 Å². The summed E-state index contributed by atoms with van der Waals surface area (Å²) in [5, 5.41) is 6.28. The molecule has 0 saturated heterocycles. The maximum atomic E-state index is 14.0. The number of H-pyrrole nitrogens is 1. The molecule has 0 bridgehead atoms. The number of sulfonamides is 1. The summed E-state index contributed by atoms with van der Waals surface area (Å²) in [6.45, 7) is 1.51. The Morgan fingerprint density at radius 1 is 1.08 bits per heavy atom. The molecule has 24 heavy (non-hydrogen) atoms. The second kappa shape index (κ2) is 6.00. The van der Waals surface area contributed by atoms with Crippen molar-refractivity contribution in [3.8, 4) is 11.4 Å². The molecule has 124 valence electrons. The molecule has 3 rings (SSSR count). The van der Waals surface area contributed by atoms with E-state index in [1.807, 2.05) is 0 Å². The van der Waals surface area contributed by atoms with Crippen LogP contribution in [0, 0.1) is 18.6 Å². The van der Waals surface area contributed by atoms with Gasteiger partial charge in [-0.25, -0.2) is 22.2 Å². The number of benzene rings is 2. The molecule has 1 aromatic heterocycles. The highest BCUT2D eigenvalue weighted by atomic mass is 32.2. The van der Waals surface area contributed by atoms with E-state index >= 15 is 0 Å². The van der Waals surface area contributed by atoms with Crippen molar-refractivity contribution in [3.05, 3.63) is 59.9 Å². The minimum absolute atomic E-state index is 0.273. The van der Waals surface area contributed by atoms with Crippen molar-refractivity contribution >= 4 is 15.7 Å². The highest BCUT2D eigenvalue weighted by Gasteiger charge is 2.18. The maximum absolute atomic E-state index is 14.0. The summed E-state index contributed by atoms with van der Waals surface area (Å²) in [7, 11) is -4.14. The summed E-state index contributed by atoms with van der Waals surface area (Å²) >= 11 is 0. The zero-order valence-electron chi connectivity index (χ0n) is 12.4.